The minimum Gasteiger partial charge on any atom is -0.320 e. The van der Waals surface area contributed by atoms with E-state index < -0.39 is 5.54 Å². The summed E-state index contributed by atoms with van der Waals surface area (Å²) in [6.45, 7) is 0. The van der Waals surface area contributed by atoms with Gasteiger partial charge in [0.05, 0.1) is 5.70 Å². The van der Waals surface area contributed by atoms with Gasteiger partial charge < -0.3 is 5.43 Å². The monoisotopic (exact) mass is 408 g/mol. The molecule has 0 aliphatic carbocycles. The zero-order valence-electron chi connectivity index (χ0n) is 16.3. The van der Waals surface area contributed by atoms with Crippen LogP contribution in [0.4, 0.5) is 0 Å². The van der Waals surface area contributed by atoms with Crippen molar-refractivity contribution in [2.75, 3.05) is 0 Å². The Labute approximate surface area is 181 Å². The molecule has 0 amide bonds. The van der Waals surface area contributed by atoms with Crippen LogP contribution in [0.1, 0.15) is 16.7 Å². The van der Waals surface area contributed by atoms with E-state index in [0.717, 1.165) is 27.4 Å². The van der Waals surface area contributed by atoms with E-state index in [1.165, 1.54) is 11.1 Å². The molecule has 5 rings (SSSR count). The molecular formula is C27H21ClN2. The molecular weight excluding hydrogens is 388 g/mol. The largest absolute Gasteiger partial charge is 0.320 e. The van der Waals surface area contributed by atoms with Crippen molar-refractivity contribution in [3.63, 3.8) is 0 Å². The Morgan fingerprint density at radius 3 is 1.73 bits per heavy atom. The lowest BCUT2D eigenvalue weighted by molar-refractivity contribution is 0.490. The zero-order chi connectivity index (χ0) is 20.4. The summed E-state index contributed by atoms with van der Waals surface area (Å²) < 4.78 is 0. The summed E-state index contributed by atoms with van der Waals surface area (Å²) in [5.41, 5.74) is 13.4. The first-order valence-corrected chi connectivity index (χ1v) is 10.4. The zero-order valence-corrected chi connectivity index (χ0v) is 17.1. The van der Waals surface area contributed by atoms with Gasteiger partial charge in [-0.3, -0.25) is 0 Å². The van der Waals surface area contributed by atoms with E-state index in [1.807, 2.05) is 24.3 Å². The van der Waals surface area contributed by atoms with Crippen LogP contribution in [0.25, 0.3) is 16.8 Å². The van der Waals surface area contributed by atoms with Crippen LogP contribution < -0.4 is 10.9 Å². The van der Waals surface area contributed by atoms with Crippen molar-refractivity contribution in [2.24, 2.45) is 0 Å². The lowest BCUT2D eigenvalue weighted by Crippen LogP contribution is -2.43. The molecule has 1 atom stereocenters. The SMILES string of the molecule is Clc1ccc(C2(c3ccccc3)C=C(c3ccc(-c4ccccc4)cc3)NN2)cc1. The van der Waals surface area contributed by atoms with E-state index in [-0.39, 0.29) is 0 Å². The average Bonchev–Trinajstić information content (AvgIpc) is 3.27. The Morgan fingerprint density at radius 1 is 0.533 bits per heavy atom. The van der Waals surface area contributed by atoms with Crippen molar-refractivity contribution >= 4 is 17.3 Å². The highest BCUT2D eigenvalue weighted by molar-refractivity contribution is 6.30. The van der Waals surface area contributed by atoms with Gasteiger partial charge in [0, 0.05) is 5.02 Å². The van der Waals surface area contributed by atoms with Crippen molar-refractivity contribution in [2.45, 2.75) is 5.54 Å². The molecule has 2 nitrogen and oxygen atoms in total. The van der Waals surface area contributed by atoms with Gasteiger partial charge in [-0.05, 0) is 46.0 Å². The molecule has 0 aromatic heterocycles. The molecule has 0 saturated carbocycles. The van der Waals surface area contributed by atoms with Crippen molar-refractivity contribution in [3.05, 3.63) is 137 Å². The van der Waals surface area contributed by atoms with Crippen molar-refractivity contribution < 1.29 is 0 Å². The maximum Gasteiger partial charge on any atom is 0.107 e. The van der Waals surface area contributed by atoms with Gasteiger partial charge in [0.25, 0.3) is 0 Å². The van der Waals surface area contributed by atoms with Crippen LogP contribution >= 0.6 is 11.6 Å². The van der Waals surface area contributed by atoms with Crippen LogP contribution in [0.15, 0.2) is 115 Å². The number of rotatable bonds is 4. The van der Waals surface area contributed by atoms with Crippen molar-refractivity contribution in [1.29, 1.82) is 0 Å². The maximum absolute atomic E-state index is 6.15. The van der Waals surface area contributed by atoms with Crippen LogP contribution in [-0.4, -0.2) is 0 Å². The molecule has 0 spiro atoms. The average molecular weight is 409 g/mol. The molecule has 0 radical (unpaired) electrons. The van der Waals surface area contributed by atoms with Crippen LogP contribution in [0.3, 0.4) is 0 Å². The summed E-state index contributed by atoms with van der Waals surface area (Å²) in [6, 6.07) is 37.5. The second-order valence-corrected chi connectivity index (χ2v) is 7.87. The highest BCUT2D eigenvalue weighted by Gasteiger charge is 2.36. The number of nitrogens with one attached hydrogen (secondary N) is 2. The first kappa shape index (κ1) is 18.7. The van der Waals surface area contributed by atoms with E-state index in [0.29, 0.717) is 0 Å². The Balaban J connectivity index is 1.55. The van der Waals surface area contributed by atoms with Gasteiger partial charge in [-0.1, -0.05) is 109 Å². The van der Waals surface area contributed by atoms with Crippen LogP contribution in [-0.2, 0) is 5.54 Å². The molecule has 2 N–H and O–H groups in total. The van der Waals surface area contributed by atoms with Crippen LogP contribution in [0.2, 0.25) is 5.02 Å². The fourth-order valence-corrected chi connectivity index (χ4v) is 4.10. The standard InChI is InChI=1S/C27H21ClN2/c28-25-17-15-24(16-18-25)27(23-9-5-2-6-10-23)19-26(29-30-27)22-13-11-21(12-14-22)20-7-3-1-4-8-20/h1-19,29-30H. The first-order chi connectivity index (χ1) is 14.7. The summed E-state index contributed by atoms with van der Waals surface area (Å²) in [5.74, 6) is 0. The molecule has 0 bridgehead atoms. The van der Waals surface area contributed by atoms with Gasteiger partial charge in [-0.2, -0.15) is 0 Å². The summed E-state index contributed by atoms with van der Waals surface area (Å²) in [5, 5.41) is 0.730. The number of hydrazine groups is 1. The van der Waals surface area contributed by atoms with E-state index in [1.54, 1.807) is 0 Å². The van der Waals surface area contributed by atoms with Crippen LogP contribution in [0, 0.1) is 0 Å². The molecule has 1 unspecified atom stereocenters. The third kappa shape index (κ3) is 3.41. The lowest BCUT2D eigenvalue weighted by atomic mass is 9.83. The van der Waals surface area contributed by atoms with E-state index in [4.69, 9.17) is 11.6 Å². The molecule has 30 heavy (non-hydrogen) atoms. The highest BCUT2D eigenvalue weighted by Crippen LogP contribution is 2.37. The number of benzene rings is 4. The molecule has 1 aliphatic rings. The normalized spacial score (nSPS) is 18.0. The Hall–Kier alpha value is -3.33. The molecule has 0 fully saturated rings. The van der Waals surface area contributed by atoms with E-state index >= 15 is 0 Å². The van der Waals surface area contributed by atoms with Gasteiger partial charge in [-0.25, -0.2) is 5.43 Å². The predicted octanol–water partition coefficient (Wildman–Crippen LogP) is 6.40. The first-order valence-electron chi connectivity index (χ1n) is 9.98. The van der Waals surface area contributed by atoms with Crippen LogP contribution in [0.5, 0.6) is 0 Å². The number of hydrogen-bond acceptors (Lipinski definition) is 2. The predicted molar refractivity (Wildman–Crippen MR) is 125 cm³/mol. The topological polar surface area (TPSA) is 24.1 Å². The maximum atomic E-state index is 6.15. The van der Waals surface area contributed by atoms with Gasteiger partial charge in [0.15, 0.2) is 0 Å². The molecule has 3 heteroatoms. The van der Waals surface area contributed by atoms with Gasteiger partial charge >= 0.3 is 0 Å². The summed E-state index contributed by atoms with van der Waals surface area (Å²) in [4.78, 5) is 0. The van der Waals surface area contributed by atoms with E-state index in [9.17, 15) is 0 Å². The number of hydrogen-bond donors (Lipinski definition) is 2. The molecule has 4 aromatic carbocycles. The smallest absolute Gasteiger partial charge is 0.107 e. The number of halogens is 1. The Kier molecular flexibility index (Phi) is 4.88. The second-order valence-electron chi connectivity index (χ2n) is 7.43. The highest BCUT2D eigenvalue weighted by atomic mass is 35.5. The summed E-state index contributed by atoms with van der Waals surface area (Å²) >= 11 is 6.15. The van der Waals surface area contributed by atoms with Crippen molar-refractivity contribution in [1.82, 2.24) is 10.9 Å². The Bertz CT molecular complexity index is 1170. The summed E-state index contributed by atoms with van der Waals surface area (Å²) in [6.07, 6.45) is 2.25. The molecule has 1 aliphatic heterocycles. The quantitative estimate of drug-likeness (QED) is 0.408. The Morgan fingerprint density at radius 2 is 1.07 bits per heavy atom. The third-order valence-corrected chi connectivity index (χ3v) is 5.84. The van der Waals surface area contributed by atoms with Crippen molar-refractivity contribution in [3.8, 4) is 11.1 Å². The molecule has 4 aromatic rings. The molecule has 1 heterocycles. The van der Waals surface area contributed by atoms with Gasteiger partial charge in [-0.15, -0.1) is 0 Å². The van der Waals surface area contributed by atoms with Gasteiger partial charge in [0.2, 0.25) is 0 Å². The fourth-order valence-electron chi connectivity index (χ4n) is 3.97. The lowest BCUT2D eigenvalue weighted by Gasteiger charge is -2.28. The van der Waals surface area contributed by atoms with E-state index in [2.05, 4.69) is 102 Å². The second kappa shape index (κ2) is 7.83. The third-order valence-electron chi connectivity index (χ3n) is 5.59. The minimum absolute atomic E-state index is 0.473. The molecule has 146 valence electrons. The molecule has 0 saturated heterocycles. The fraction of sp³-hybridized carbons (Fsp3) is 0.0370. The minimum atomic E-state index is -0.473. The summed E-state index contributed by atoms with van der Waals surface area (Å²) in [7, 11) is 0. The van der Waals surface area contributed by atoms with Gasteiger partial charge in [0.1, 0.15) is 5.54 Å².